The van der Waals surface area contributed by atoms with Crippen LogP contribution in [0.2, 0.25) is 0 Å². The number of carbonyl (C=O) groups excluding carboxylic acids is 2. The van der Waals surface area contributed by atoms with E-state index in [9.17, 15) is 9.59 Å². The van der Waals surface area contributed by atoms with E-state index < -0.39 is 0 Å². The van der Waals surface area contributed by atoms with Crippen molar-refractivity contribution in [1.29, 1.82) is 0 Å². The summed E-state index contributed by atoms with van der Waals surface area (Å²) >= 11 is 0. The normalized spacial score (nSPS) is 13.2. The standard InChI is InChI=1S/C23H24N4O2/c1-15-20(16(2)27(26-15)18-8-4-3-5-9-18)14-22(28)25-21-11-7-6-10-19(21)23(29)24-17-12-13-17/h3-11,17H,12-14H2,1-2H3,(H,24,29)(H,25,28). The van der Waals surface area contributed by atoms with Gasteiger partial charge in [-0.25, -0.2) is 4.68 Å². The number of rotatable bonds is 6. The maximum atomic E-state index is 12.8. The molecule has 6 heteroatoms. The van der Waals surface area contributed by atoms with Crippen LogP contribution in [0.4, 0.5) is 5.69 Å². The van der Waals surface area contributed by atoms with Crippen LogP contribution in [-0.4, -0.2) is 27.6 Å². The molecule has 4 rings (SSSR count). The Kier molecular flexibility index (Phi) is 5.16. The molecule has 0 atom stereocenters. The fourth-order valence-corrected chi connectivity index (χ4v) is 3.39. The van der Waals surface area contributed by atoms with Crippen LogP contribution in [0, 0.1) is 13.8 Å². The molecule has 1 saturated carbocycles. The van der Waals surface area contributed by atoms with Crippen LogP contribution in [0.5, 0.6) is 0 Å². The van der Waals surface area contributed by atoms with E-state index in [1.165, 1.54) is 0 Å². The fraction of sp³-hybridized carbons (Fsp3) is 0.261. The predicted octanol–water partition coefficient (Wildman–Crippen LogP) is 3.56. The molecule has 3 aromatic rings. The second-order valence-corrected chi connectivity index (χ2v) is 7.41. The Morgan fingerprint density at radius 2 is 1.72 bits per heavy atom. The van der Waals surface area contributed by atoms with Crippen molar-refractivity contribution in [3.05, 3.63) is 77.1 Å². The van der Waals surface area contributed by atoms with Gasteiger partial charge in [-0.05, 0) is 51.0 Å². The lowest BCUT2D eigenvalue weighted by Crippen LogP contribution is -2.27. The first-order valence-electron chi connectivity index (χ1n) is 9.83. The third kappa shape index (κ3) is 4.21. The number of hydrogen-bond acceptors (Lipinski definition) is 3. The van der Waals surface area contributed by atoms with E-state index in [1.807, 2.05) is 54.9 Å². The van der Waals surface area contributed by atoms with Crippen LogP contribution in [0.25, 0.3) is 5.69 Å². The van der Waals surface area contributed by atoms with Crippen LogP contribution < -0.4 is 10.6 Å². The van der Waals surface area contributed by atoms with Gasteiger partial charge in [0.15, 0.2) is 0 Å². The van der Waals surface area contributed by atoms with Crippen molar-refractivity contribution < 1.29 is 9.59 Å². The molecule has 1 aliphatic carbocycles. The highest BCUT2D eigenvalue weighted by atomic mass is 16.2. The average molecular weight is 388 g/mol. The molecule has 1 aromatic heterocycles. The van der Waals surface area contributed by atoms with E-state index in [4.69, 9.17) is 0 Å². The highest BCUT2D eigenvalue weighted by Gasteiger charge is 2.25. The largest absolute Gasteiger partial charge is 0.349 e. The number of anilines is 1. The molecule has 29 heavy (non-hydrogen) atoms. The number of benzene rings is 2. The minimum atomic E-state index is -0.171. The van der Waals surface area contributed by atoms with E-state index in [2.05, 4.69) is 15.7 Å². The zero-order valence-corrected chi connectivity index (χ0v) is 16.6. The van der Waals surface area contributed by atoms with E-state index in [-0.39, 0.29) is 24.3 Å². The van der Waals surface area contributed by atoms with E-state index in [0.717, 1.165) is 35.5 Å². The van der Waals surface area contributed by atoms with Gasteiger partial charge >= 0.3 is 0 Å². The number of para-hydroxylation sites is 2. The molecule has 0 radical (unpaired) electrons. The van der Waals surface area contributed by atoms with E-state index in [1.54, 1.807) is 18.2 Å². The zero-order chi connectivity index (χ0) is 20.4. The molecular formula is C23H24N4O2. The molecule has 0 saturated heterocycles. The number of aromatic nitrogens is 2. The molecule has 1 aliphatic rings. The maximum absolute atomic E-state index is 12.8. The van der Waals surface area contributed by atoms with Gasteiger partial charge in [0, 0.05) is 17.3 Å². The Morgan fingerprint density at radius 3 is 2.45 bits per heavy atom. The Morgan fingerprint density at radius 1 is 1.03 bits per heavy atom. The molecule has 0 spiro atoms. The van der Waals surface area contributed by atoms with Gasteiger partial charge in [-0.1, -0.05) is 30.3 Å². The van der Waals surface area contributed by atoms with Gasteiger partial charge in [-0.2, -0.15) is 5.10 Å². The second kappa shape index (κ2) is 7.91. The van der Waals surface area contributed by atoms with Gasteiger partial charge in [-0.15, -0.1) is 0 Å². The third-order valence-corrected chi connectivity index (χ3v) is 5.14. The van der Waals surface area contributed by atoms with Crippen molar-refractivity contribution >= 4 is 17.5 Å². The molecule has 6 nitrogen and oxygen atoms in total. The maximum Gasteiger partial charge on any atom is 0.253 e. The first-order valence-corrected chi connectivity index (χ1v) is 9.83. The van der Waals surface area contributed by atoms with Crippen LogP contribution >= 0.6 is 0 Å². The summed E-state index contributed by atoms with van der Waals surface area (Å²) in [6.07, 6.45) is 2.23. The first kappa shape index (κ1) is 18.9. The SMILES string of the molecule is Cc1nn(-c2ccccc2)c(C)c1CC(=O)Nc1ccccc1C(=O)NC1CC1. The lowest BCUT2D eigenvalue weighted by molar-refractivity contribution is -0.115. The van der Waals surface area contributed by atoms with Gasteiger partial charge in [0.05, 0.1) is 29.1 Å². The molecule has 2 amide bonds. The van der Waals surface area contributed by atoms with Crippen molar-refractivity contribution in [3.63, 3.8) is 0 Å². The number of amides is 2. The van der Waals surface area contributed by atoms with Gasteiger partial charge < -0.3 is 10.6 Å². The Hall–Kier alpha value is -3.41. The third-order valence-electron chi connectivity index (χ3n) is 5.14. The number of hydrogen-bond donors (Lipinski definition) is 2. The van der Waals surface area contributed by atoms with Crippen molar-refractivity contribution in [2.45, 2.75) is 39.2 Å². The summed E-state index contributed by atoms with van der Waals surface area (Å²) in [5.41, 5.74) is 4.63. The minimum Gasteiger partial charge on any atom is -0.349 e. The number of aryl methyl sites for hydroxylation is 1. The topological polar surface area (TPSA) is 76.0 Å². The smallest absolute Gasteiger partial charge is 0.253 e. The monoisotopic (exact) mass is 388 g/mol. The summed E-state index contributed by atoms with van der Waals surface area (Å²) in [6.45, 7) is 3.87. The summed E-state index contributed by atoms with van der Waals surface area (Å²) in [7, 11) is 0. The Bertz CT molecular complexity index is 1050. The van der Waals surface area contributed by atoms with E-state index in [0.29, 0.717) is 11.3 Å². The Balaban J connectivity index is 1.51. The minimum absolute atomic E-state index is 0.146. The number of nitrogens with zero attached hydrogens (tertiary/aromatic N) is 2. The van der Waals surface area contributed by atoms with Crippen LogP contribution in [0.1, 0.15) is 40.2 Å². The summed E-state index contributed by atoms with van der Waals surface area (Å²) in [5.74, 6) is -0.317. The molecule has 2 aromatic carbocycles. The zero-order valence-electron chi connectivity index (χ0n) is 16.6. The number of carbonyl (C=O) groups is 2. The van der Waals surface area contributed by atoms with Gasteiger partial charge in [-0.3, -0.25) is 9.59 Å². The quantitative estimate of drug-likeness (QED) is 0.678. The lowest BCUT2D eigenvalue weighted by Gasteiger charge is -2.11. The van der Waals surface area contributed by atoms with Crippen molar-refractivity contribution in [3.8, 4) is 5.69 Å². The second-order valence-electron chi connectivity index (χ2n) is 7.41. The predicted molar refractivity (Wildman–Crippen MR) is 112 cm³/mol. The van der Waals surface area contributed by atoms with Crippen LogP contribution in [-0.2, 0) is 11.2 Å². The van der Waals surface area contributed by atoms with E-state index >= 15 is 0 Å². The lowest BCUT2D eigenvalue weighted by atomic mass is 10.1. The van der Waals surface area contributed by atoms with Crippen molar-refractivity contribution in [2.24, 2.45) is 0 Å². The fourth-order valence-electron chi connectivity index (χ4n) is 3.39. The molecule has 1 fully saturated rings. The van der Waals surface area contributed by atoms with Crippen LogP contribution in [0.3, 0.4) is 0 Å². The first-order chi connectivity index (χ1) is 14.0. The molecule has 148 valence electrons. The summed E-state index contributed by atoms with van der Waals surface area (Å²) in [4.78, 5) is 25.2. The molecule has 0 unspecified atom stereocenters. The highest BCUT2D eigenvalue weighted by molar-refractivity contribution is 6.04. The van der Waals surface area contributed by atoms with Crippen LogP contribution in [0.15, 0.2) is 54.6 Å². The molecule has 0 bridgehead atoms. The van der Waals surface area contributed by atoms with Gasteiger partial charge in [0.2, 0.25) is 5.91 Å². The summed E-state index contributed by atoms with van der Waals surface area (Å²) in [5, 5.41) is 10.5. The van der Waals surface area contributed by atoms with Crippen molar-refractivity contribution in [2.75, 3.05) is 5.32 Å². The average Bonchev–Trinajstić information content (AvgIpc) is 3.49. The van der Waals surface area contributed by atoms with Gasteiger partial charge in [0.25, 0.3) is 5.91 Å². The Labute approximate surface area is 169 Å². The molecule has 1 heterocycles. The van der Waals surface area contributed by atoms with Crippen molar-refractivity contribution in [1.82, 2.24) is 15.1 Å². The number of nitrogens with one attached hydrogen (secondary N) is 2. The molecule has 0 aliphatic heterocycles. The molecular weight excluding hydrogens is 364 g/mol. The molecule has 2 N–H and O–H groups in total. The highest BCUT2D eigenvalue weighted by Crippen LogP contribution is 2.22. The summed E-state index contributed by atoms with van der Waals surface area (Å²) in [6, 6.07) is 17.2. The summed E-state index contributed by atoms with van der Waals surface area (Å²) < 4.78 is 1.86. The van der Waals surface area contributed by atoms with Gasteiger partial charge in [0.1, 0.15) is 0 Å².